The number of anilines is 1. The van der Waals surface area contributed by atoms with Gasteiger partial charge in [0.15, 0.2) is 0 Å². The van der Waals surface area contributed by atoms with E-state index in [0.29, 0.717) is 19.0 Å². The van der Waals surface area contributed by atoms with E-state index in [1.165, 1.54) is 0 Å². The molecule has 1 amide bonds. The quantitative estimate of drug-likeness (QED) is 0.898. The lowest BCUT2D eigenvalue weighted by Crippen LogP contribution is -2.28. The van der Waals surface area contributed by atoms with Crippen LogP contribution in [-0.4, -0.2) is 24.1 Å². The van der Waals surface area contributed by atoms with Crippen LogP contribution in [0, 0.1) is 5.92 Å². The van der Waals surface area contributed by atoms with E-state index >= 15 is 0 Å². The molecule has 0 atom stereocenters. The number of hydrogen-bond donors (Lipinski definition) is 1. The predicted octanol–water partition coefficient (Wildman–Crippen LogP) is 2.60. The zero-order chi connectivity index (χ0) is 13.1. The van der Waals surface area contributed by atoms with Crippen molar-refractivity contribution >= 4 is 22.6 Å². The lowest BCUT2D eigenvalue weighted by Gasteiger charge is -2.20. The molecule has 1 saturated heterocycles. The first kappa shape index (κ1) is 12.1. The first-order chi connectivity index (χ1) is 9.33. The summed E-state index contributed by atoms with van der Waals surface area (Å²) in [4.78, 5) is 16.5. The number of ether oxygens (including phenoxy) is 1. The largest absolute Gasteiger partial charge is 0.381 e. The van der Waals surface area contributed by atoms with E-state index in [1.54, 1.807) is 0 Å². The minimum atomic E-state index is 0.0435. The topological polar surface area (TPSA) is 51.2 Å². The third-order valence-electron chi connectivity index (χ3n) is 3.44. The minimum Gasteiger partial charge on any atom is -0.381 e. The first-order valence-corrected chi connectivity index (χ1v) is 6.57. The van der Waals surface area contributed by atoms with E-state index in [9.17, 15) is 4.79 Å². The second kappa shape index (κ2) is 5.36. The molecule has 98 valence electrons. The predicted molar refractivity (Wildman–Crippen MR) is 73.9 cm³/mol. The van der Waals surface area contributed by atoms with Gasteiger partial charge in [0.05, 0.1) is 5.52 Å². The van der Waals surface area contributed by atoms with Crippen molar-refractivity contribution in [3.63, 3.8) is 0 Å². The molecule has 2 heterocycles. The fourth-order valence-electron chi connectivity index (χ4n) is 2.32. The number of nitrogens with zero attached hydrogens (tertiary/aromatic N) is 1. The number of para-hydroxylation sites is 1. The average molecular weight is 256 g/mol. The third-order valence-corrected chi connectivity index (χ3v) is 3.44. The fraction of sp³-hybridized carbons (Fsp3) is 0.333. The summed E-state index contributed by atoms with van der Waals surface area (Å²) in [6.45, 7) is 1.34. The van der Waals surface area contributed by atoms with E-state index in [4.69, 9.17) is 4.74 Å². The smallest absolute Gasteiger partial charge is 0.228 e. The van der Waals surface area contributed by atoms with Gasteiger partial charge in [0, 0.05) is 24.5 Å². The number of aromatic nitrogens is 1. The van der Waals surface area contributed by atoms with Crippen molar-refractivity contribution in [2.24, 2.45) is 5.92 Å². The van der Waals surface area contributed by atoms with Crippen molar-refractivity contribution in [3.8, 4) is 0 Å². The Balaban J connectivity index is 1.75. The highest BCUT2D eigenvalue weighted by Gasteiger charge is 2.21. The molecule has 0 saturated carbocycles. The highest BCUT2D eigenvalue weighted by molar-refractivity contribution is 5.93. The molecular weight excluding hydrogens is 240 g/mol. The molecule has 0 radical (unpaired) electrons. The van der Waals surface area contributed by atoms with Gasteiger partial charge in [-0.3, -0.25) is 4.79 Å². The summed E-state index contributed by atoms with van der Waals surface area (Å²) in [5.74, 6) is 0.711. The van der Waals surface area contributed by atoms with Gasteiger partial charge in [-0.15, -0.1) is 0 Å². The van der Waals surface area contributed by atoms with Gasteiger partial charge in [-0.05, 0) is 31.0 Å². The molecule has 1 N–H and O–H groups in total. The number of carbonyl (C=O) groups excluding carboxylic acids is 1. The highest BCUT2D eigenvalue weighted by atomic mass is 16.5. The molecule has 0 aliphatic carbocycles. The van der Waals surface area contributed by atoms with Gasteiger partial charge in [-0.1, -0.05) is 18.2 Å². The summed E-state index contributed by atoms with van der Waals surface area (Å²) in [6, 6.07) is 11.7. The molecular formula is C15H16N2O2. The Labute approximate surface area is 111 Å². The second-order valence-corrected chi connectivity index (χ2v) is 4.77. The van der Waals surface area contributed by atoms with Crippen LogP contribution in [0.2, 0.25) is 0 Å². The molecule has 1 aromatic carbocycles. The zero-order valence-corrected chi connectivity index (χ0v) is 10.6. The molecule has 1 aliphatic rings. The van der Waals surface area contributed by atoms with Crippen molar-refractivity contribution in [1.82, 2.24) is 4.98 Å². The van der Waals surface area contributed by atoms with E-state index < -0.39 is 0 Å². The number of pyridine rings is 1. The molecule has 0 unspecified atom stereocenters. The molecule has 4 heteroatoms. The normalized spacial score (nSPS) is 16.4. The third kappa shape index (κ3) is 2.74. The number of rotatable bonds is 2. The molecule has 0 bridgehead atoms. The molecule has 19 heavy (non-hydrogen) atoms. The van der Waals surface area contributed by atoms with E-state index in [0.717, 1.165) is 23.7 Å². The Bertz CT molecular complexity index is 591. The second-order valence-electron chi connectivity index (χ2n) is 4.77. The maximum absolute atomic E-state index is 12.1. The van der Waals surface area contributed by atoms with Gasteiger partial charge in [0.2, 0.25) is 5.91 Å². The number of fused-ring (bicyclic) bond motifs is 1. The molecule has 1 fully saturated rings. The maximum Gasteiger partial charge on any atom is 0.228 e. The van der Waals surface area contributed by atoms with Gasteiger partial charge < -0.3 is 10.1 Å². The molecule has 0 spiro atoms. The monoisotopic (exact) mass is 256 g/mol. The van der Waals surface area contributed by atoms with Crippen molar-refractivity contribution in [2.45, 2.75) is 12.8 Å². The summed E-state index contributed by atoms with van der Waals surface area (Å²) in [6.07, 6.45) is 1.58. The van der Waals surface area contributed by atoms with Crippen LogP contribution in [0.5, 0.6) is 0 Å². The van der Waals surface area contributed by atoms with Gasteiger partial charge in [0.1, 0.15) is 5.82 Å². The van der Waals surface area contributed by atoms with Crippen LogP contribution in [0.1, 0.15) is 12.8 Å². The van der Waals surface area contributed by atoms with Gasteiger partial charge in [-0.25, -0.2) is 4.98 Å². The summed E-state index contributed by atoms with van der Waals surface area (Å²) < 4.78 is 5.26. The van der Waals surface area contributed by atoms with Crippen LogP contribution >= 0.6 is 0 Å². The van der Waals surface area contributed by atoms with Crippen molar-refractivity contribution in [2.75, 3.05) is 18.5 Å². The molecule has 4 nitrogen and oxygen atoms in total. The van der Waals surface area contributed by atoms with E-state index in [2.05, 4.69) is 10.3 Å². The van der Waals surface area contributed by atoms with Crippen molar-refractivity contribution < 1.29 is 9.53 Å². The molecule has 2 aromatic rings. The lowest BCUT2D eigenvalue weighted by molar-refractivity contribution is -0.122. The fourth-order valence-corrected chi connectivity index (χ4v) is 2.32. The number of nitrogens with one attached hydrogen (secondary N) is 1. The average Bonchev–Trinajstić information content (AvgIpc) is 2.48. The maximum atomic E-state index is 12.1. The number of amides is 1. The van der Waals surface area contributed by atoms with E-state index in [-0.39, 0.29) is 11.8 Å². The number of benzene rings is 1. The minimum absolute atomic E-state index is 0.0435. The van der Waals surface area contributed by atoms with E-state index in [1.807, 2.05) is 36.4 Å². The SMILES string of the molecule is O=C(Nc1ccc2ccccc2n1)C1CCOCC1. The molecule has 3 rings (SSSR count). The van der Waals surface area contributed by atoms with Crippen LogP contribution in [-0.2, 0) is 9.53 Å². The van der Waals surface area contributed by atoms with Crippen LogP contribution in [0.25, 0.3) is 10.9 Å². The van der Waals surface area contributed by atoms with Gasteiger partial charge >= 0.3 is 0 Å². The summed E-state index contributed by atoms with van der Waals surface area (Å²) in [7, 11) is 0. The molecule has 1 aromatic heterocycles. The first-order valence-electron chi connectivity index (χ1n) is 6.57. The van der Waals surface area contributed by atoms with Crippen molar-refractivity contribution in [1.29, 1.82) is 0 Å². The van der Waals surface area contributed by atoms with Crippen LogP contribution in [0.4, 0.5) is 5.82 Å². The number of carbonyl (C=O) groups is 1. The Morgan fingerprint density at radius 3 is 2.79 bits per heavy atom. The Hall–Kier alpha value is -1.94. The summed E-state index contributed by atoms with van der Waals surface area (Å²) >= 11 is 0. The molecule has 1 aliphatic heterocycles. The number of hydrogen-bond acceptors (Lipinski definition) is 3. The lowest BCUT2D eigenvalue weighted by atomic mass is 9.99. The Morgan fingerprint density at radius 1 is 1.16 bits per heavy atom. The van der Waals surface area contributed by atoms with Crippen LogP contribution < -0.4 is 5.32 Å². The zero-order valence-electron chi connectivity index (χ0n) is 10.6. The highest BCUT2D eigenvalue weighted by Crippen LogP contribution is 2.18. The Morgan fingerprint density at radius 2 is 1.95 bits per heavy atom. The van der Waals surface area contributed by atoms with Crippen LogP contribution in [0.15, 0.2) is 36.4 Å². The van der Waals surface area contributed by atoms with Crippen molar-refractivity contribution in [3.05, 3.63) is 36.4 Å². The van der Waals surface area contributed by atoms with Gasteiger partial charge in [0.25, 0.3) is 0 Å². The summed E-state index contributed by atoms with van der Waals surface area (Å²) in [5, 5.41) is 3.97. The standard InChI is InChI=1S/C15H16N2O2/c18-15(12-7-9-19-10-8-12)17-14-6-5-11-3-1-2-4-13(11)16-14/h1-6,12H,7-10H2,(H,16,17,18). The van der Waals surface area contributed by atoms with Gasteiger partial charge in [-0.2, -0.15) is 0 Å². The van der Waals surface area contributed by atoms with Crippen LogP contribution in [0.3, 0.4) is 0 Å². The Kier molecular flexibility index (Phi) is 3.42. The summed E-state index contributed by atoms with van der Waals surface area (Å²) in [5.41, 5.74) is 0.896.